The van der Waals surface area contributed by atoms with Gasteiger partial charge in [0.15, 0.2) is 0 Å². The Morgan fingerprint density at radius 3 is 2.35 bits per heavy atom. The van der Waals surface area contributed by atoms with Gasteiger partial charge in [0, 0.05) is 23.5 Å². The normalized spacial score (nSPS) is 14.9. The fraction of sp³-hybridized carbons (Fsp3) is 0.357. The summed E-state index contributed by atoms with van der Waals surface area (Å²) in [4.78, 5) is 28.1. The molecule has 1 atom stereocenters. The molecule has 0 heterocycles. The summed E-state index contributed by atoms with van der Waals surface area (Å²) in [7, 11) is -3.87. The summed E-state index contributed by atoms with van der Waals surface area (Å²) in [5.74, 6) is -1.44. The zero-order valence-corrected chi connectivity index (χ0v) is 21.9. The summed E-state index contributed by atoms with van der Waals surface area (Å²) >= 11 is 0. The number of sulfonamides is 1. The molecule has 196 valence electrons. The number of carbonyl (C=O) groups excluding carboxylic acids is 2. The first-order chi connectivity index (χ1) is 17.6. The molecule has 4 rings (SSSR count). The van der Waals surface area contributed by atoms with Crippen LogP contribution >= 0.6 is 0 Å². The highest BCUT2D eigenvalue weighted by Crippen LogP contribution is 2.29. The molecule has 1 aliphatic rings. The number of amides is 2. The van der Waals surface area contributed by atoms with Crippen molar-refractivity contribution in [1.29, 1.82) is 0 Å². The Kier molecular flexibility index (Phi) is 8.12. The number of carbonyl (C=O) groups is 2. The van der Waals surface area contributed by atoms with Crippen molar-refractivity contribution in [2.75, 3.05) is 17.1 Å². The molecule has 1 fully saturated rings. The summed E-state index contributed by atoms with van der Waals surface area (Å²) in [6.07, 6.45) is 4.86. The van der Waals surface area contributed by atoms with Crippen LogP contribution < -0.4 is 9.62 Å². The Balaban J connectivity index is 1.66. The van der Waals surface area contributed by atoms with Gasteiger partial charge in [-0.3, -0.25) is 13.9 Å². The van der Waals surface area contributed by atoms with Gasteiger partial charge in [-0.15, -0.1) is 0 Å². The second-order valence-electron chi connectivity index (χ2n) is 9.55. The van der Waals surface area contributed by atoms with Gasteiger partial charge in [-0.2, -0.15) is 0 Å². The lowest BCUT2D eigenvalue weighted by Gasteiger charge is -2.32. The maximum atomic E-state index is 14.6. The highest BCUT2D eigenvalue weighted by Gasteiger charge is 2.32. The molecule has 7 nitrogen and oxygen atoms in total. The predicted octanol–water partition coefficient (Wildman–Crippen LogP) is 4.22. The monoisotopic (exact) mass is 525 g/mol. The van der Waals surface area contributed by atoms with Crippen molar-refractivity contribution in [3.63, 3.8) is 0 Å². The van der Waals surface area contributed by atoms with Crippen molar-refractivity contribution in [1.82, 2.24) is 10.2 Å². The minimum absolute atomic E-state index is 0.0450. The number of rotatable bonds is 9. The number of nitrogens with zero attached hydrogens (tertiary/aromatic N) is 2. The fourth-order valence-corrected chi connectivity index (χ4v) is 5.67. The molecule has 1 saturated carbocycles. The SMILES string of the molecule is C[C@@H](C(=O)NC1CCCC1)N(Cc1ccccc1F)C(=O)CN(c1cccc2ccccc12)S(C)(=O)=O. The zero-order chi connectivity index (χ0) is 26.6. The molecule has 3 aromatic rings. The molecule has 2 amide bonds. The molecule has 3 aromatic carbocycles. The van der Waals surface area contributed by atoms with Crippen LogP contribution in [-0.4, -0.2) is 50.0 Å². The van der Waals surface area contributed by atoms with E-state index in [0.29, 0.717) is 11.1 Å². The molecule has 0 saturated heterocycles. The van der Waals surface area contributed by atoms with E-state index < -0.39 is 34.3 Å². The lowest BCUT2D eigenvalue weighted by atomic mass is 10.1. The van der Waals surface area contributed by atoms with Crippen LogP contribution in [0.15, 0.2) is 66.7 Å². The van der Waals surface area contributed by atoms with Gasteiger partial charge in [0.1, 0.15) is 18.4 Å². The van der Waals surface area contributed by atoms with E-state index in [0.717, 1.165) is 41.6 Å². The first-order valence-corrected chi connectivity index (χ1v) is 14.3. The van der Waals surface area contributed by atoms with Crippen molar-refractivity contribution in [2.45, 2.75) is 51.2 Å². The Morgan fingerprint density at radius 2 is 1.65 bits per heavy atom. The number of benzene rings is 3. The highest BCUT2D eigenvalue weighted by molar-refractivity contribution is 7.92. The van der Waals surface area contributed by atoms with Crippen LogP contribution in [0.2, 0.25) is 0 Å². The topological polar surface area (TPSA) is 86.8 Å². The zero-order valence-electron chi connectivity index (χ0n) is 21.1. The lowest BCUT2D eigenvalue weighted by molar-refractivity contribution is -0.139. The number of halogens is 1. The van der Waals surface area contributed by atoms with Gasteiger partial charge >= 0.3 is 0 Å². The maximum absolute atomic E-state index is 14.6. The molecular formula is C28H32FN3O4S. The minimum Gasteiger partial charge on any atom is -0.352 e. The van der Waals surface area contributed by atoms with Gasteiger partial charge < -0.3 is 10.2 Å². The molecule has 0 aliphatic heterocycles. The summed E-state index contributed by atoms with van der Waals surface area (Å²) in [5, 5.41) is 4.50. The molecule has 37 heavy (non-hydrogen) atoms. The number of hydrogen-bond acceptors (Lipinski definition) is 4. The van der Waals surface area contributed by atoms with Crippen LogP contribution in [-0.2, 0) is 26.2 Å². The van der Waals surface area contributed by atoms with Crippen LogP contribution in [0.5, 0.6) is 0 Å². The van der Waals surface area contributed by atoms with Crippen molar-refractivity contribution in [2.24, 2.45) is 0 Å². The third-order valence-electron chi connectivity index (χ3n) is 6.88. The van der Waals surface area contributed by atoms with E-state index >= 15 is 0 Å². The molecule has 0 radical (unpaired) electrons. The number of fused-ring (bicyclic) bond motifs is 1. The molecule has 1 N–H and O–H groups in total. The Hall–Kier alpha value is -3.46. The third-order valence-corrected chi connectivity index (χ3v) is 8.01. The Morgan fingerprint density at radius 1 is 1.00 bits per heavy atom. The summed E-state index contributed by atoms with van der Waals surface area (Å²) < 4.78 is 41.4. The molecule has 0 aromatic heterocycles. The smallest absolute Gasteiger partial charge is 0.244 e. The first-order valence-electron chi connectivity index (χ1n) is 12.4. The molecule has 0 bridgehead atoms. The number of hydrogen-bond donors (Lipinski definition) is 1. The van der Waals surface area contributed by atoms with E-state index in [2.05, 4.69) is 5.32 Å². The van der Waals surface area contributed by atoms with Gasteiger partial charge in [-0.25, -0.2) is 12.8 Å². The Labute approximate surface area is 217 Å². The van der Waals surface area contributed by atoms with Crippen molar-refractivity contribution in [3.8, 4) is 0 Å². The quantitative estimate of drug-likeness (QED) is 0.453. The van der Waals surface area contributed by atoms with Gasteiger partial charge in [0.05, 0.1) is 11.9 Å². The summed E-state index contributed by atoms with van der Waals surface area (Å²) in [5.41, 5.74) is 0.607. The van der Waals surface area contributed by atoms with Crippen LogP contribution in [0.4, 0.5) is 10.1 Å². The minimum atomic E-state index is -3.87. The molecule has 0 spiro atoms. The van der Waals surface area contributed by atoms with Gasteiger partial charge in [-0.05, 0) is 37.3 Å². The second-order valence-corrected chi connectivity index (χ2v) is 11.5. The Bertz CT molecular complexity index is 1380. The largest absolute Gasteiger partial charge is 0.352 e. The van der Waals surface area contributed by atoms with Crippen LogP contribution in [0.1, 0.15) is 38.2 Å². The average Bonchev–Trinajstić information content (AvgIpc) is 3.38. The van der Waals surface area contributed by atoms with E-state index in [4.69, 9.17) is 0 Å². The van der Waals surface area contributed by atoms with E-state index in [-0.39, 0.29) is 24.1 Å². The molecule has 1 aliphatic carbocycles. The molecule has 9 heteroatoms. The van der Waals surface area contributed by atoms with E-state index in [1.165, 1.54) is 11.0 Å². The van der Waals surface area contributed by atoms with E-state index in [9.17, 15) is 22.4 Å². The van der Waals surface area contributed by atoms with E-state index in [1.54, 1.807) is 49.4 Å². The first kappa shape index (κ1) is 26.6. The lowest BCUT2D eigenvalue weighted by Crippen LogP contribution is -2.52. The standard InChI is InChI=1S/C28H32FN3O4S/c1-20(28(34)30-23-13-5-6-14-23)31(18-22-11-4-8-16-25(22)29)27(33)19-32(37(2,35)36)26-17-9-12-21-10-3-7-15-24(21)26/h3-4,7-12,15-17,20,23H,5-6,13-14,18-19H2,1-2H3,(H,30,34)/t20-/m0/s1. The molecular weight excluding hydrogens is 493 g/mol. The highest BCUT2D eigenvalue weighted by atomic mass is 32.2. The fourth-order valence-electron chi connectivity index (χ4n) is 4.81. The number of anilines is 1. The van der Waals surface area contributed by atoms with Crippen molar-refractivity contribution in [3.05, 3.63) is 78.1 Å². The number of nitrogens with one attached hydrogen (secondary N) is 1. The van der Waals surface area contributed by atoms with Crippen LogP contribution in [0.3, 0.4) is 0 Å². The van der Waals surface area contributed by atoms with Gasteiger partial charge in [0.25, 0.3) is 0 Å². The van der Waals surface area contributed by atoms with Crippen molar-refractivity contribution >= 4 is 38.3 Å². The van der Waals surface area contributed by atoms with Gasteiger partial charge in [-0.1, -0.05) is 67.4 Å². The predicted molar refractivity (Wildman–Crippen MR) is 143 cm³/mol. The van der Waals surface area contributed by atoms with Gasteiger partial charge in [0.2, 0.25) is 21.8 Å². The van der Waals surface area contributed by atoms with E-state index in [1.807, 2.05) is 18.2 Å². The third kappa shape index (κ3) is 6.28. The maximum Gasteiger partial charge on any atom is 0.244 e. The van der Waals surface area contributed by atoms with Crippen molar-refractivity contribution < 1.29 is 22.4 Å². The average molecular weight is 526 g/mol. The molecule has 0 unspecified atom stereocenters. The summed E-state index contributed by atoms with van der Waals surface area (Å²) in [6.45, 7) is 0.895. The second kappa shape index (κ2) is 11.3. The summed E-state index contributed by atoms with van der Waals surface area (Å²) in [6, 6.07) is 17.7. The van der Waals surface area contributed by atoms with Crippen LogP contribution in [0.25, 0.3) is 10.8 Å². The van der Waals surface area contributed by atoms with Crippen LogP contribution in [0, 0.1) is 5.82 Å².